The number of hydrogen-bond donors (Lipinski definition) is 1. The van der Waals surface area contributed by atoms with Gasteiger partial charge in [-0.3, -0.25) is 0 Å². The number of aliphatic hydroxyl groups excluding tert-OH is 1. The molecule has 2 unspecified atom stereocenters. The van der Waals surface area contributed by atoms with Gasteiger partial charge in [0, 0.05) is 10.0 Å². The van der Waals surface area contributed by atoms with Crippen molar-refractivity contribution < 1.29 is 5.11 Å². The number of hydrogen-bond acceptors (Lipinski definition) is 1. The molecular formula is C18H18Cl2O. The minimum atomic E-state index is -0.550. The van der Waals surface area contributed by atoms with E-state index < -0.39 is 6.10 Å². The highest BCUT2D eigenvalue weighted by atomic mass is 35.5. The van der Waals surface area contributed by atoms with E-state index in [1.54, 1.807) is 12.1 Å². The van der Waals surface area contributed by atoms with Crippen molar-refractivity contribution in [1.82, 2.24) is 0 Å². The van der Waals surface area contributed by atoms with Gasteiger partial charge in [-0.2, -0.15) is 0 Å². The Labute approximate surface area is 135 Å². The quantitative estimate of drug-likeness (QED) is 0.787. The fourth-order valence-electron chi connectivity index (χ4n) is 3.27. The summed E-state index contributed by atoms with van der Waals surface area (Å²) in [4.78, 5) is 0. The molecule has 1 nitrogen and oxygen atoms in total. The van der Waals surface area contributed by atoms with Gasteiger partial charge in [0.2, 0.25) is 0 Å². The van der Waals surface area contributed by atoms with E-state index in [-0.39, 0.29) is 0 Å². The fraction of sp³-hybridized carbons (Fsp3) is 0.333. The van der Waals surface area contributed by atoms with Crippen molar-refractivity contribution in [2.75, 3.05) is 0 Å². The Morgan fingerprint density at radius 2 is 1.95 bits per heavy atom. The normalized spacial score (nSPS) is 19.1. The van der Waals surface area contributed by atoms with Crippen molar-refractivity contribution in [3.8, 4) is 0 Å². The molecule has 21 heavy (non-hydrogen) atoms. The average molecular weight is 321 g/mol. The van der Waals surface area contributed by atoms with Crippen molar-refractivity contribution >= 4 is 23.2 Å². The van der Waals surface area contributed by atoms with E-state index in [1.807, 2.05) is 6.07 Å². The molecule has 0 aromatic heterocycles. The third kappa shape index (κ3) is 3.26. The summed E-state index contributed by atoms with van der Waals surface area (Å²) in [6.07, 6.45) is 3.61. The second-order valence-corrected chi connectivity index (χ2v) is 6.55. The van der Waals surface area contributed by atoms with E-state index in [9.17, 15) is 5.11 Å². The zero-order chi connectivity index (χ0) is 14.8. The molecule has 1 N–H and O–H groups in total. The van der Waals surface area contributed by atoms with Gasteiger partial charge in [-0.25, -0.2) is 0 Å². The molecule has 3 heteroatoms. The molecule has 3 rings (SSSR count). The molecule has 1 aliphatic rings. The van der Waals surface area contributed by atoms with Crippen LogP contribution in [0.15, 0.2) is 42.5 Å². The van der Waals surface area contributed by atoms with Crippen LogP contribution in [0.1, 0.15) is 48.0 Å². The molecule has 0 aliphatic heterocycles. The number of rotatable bonds is 3. The zero-order valence-corrected chi connectivity index (χ0v) is 13.2. The topological polar surface area (TPSA) is 20.2 Å². The summed E-state index contributed by atoms with van der Waals surface area (Å²) < 4.78 is 0. The highest BCUT2D eigenvalue weighted by Crippen LogP contribution is 2.39. The predicted molar refractivity (Wildman–Crippen MR) is 88.2 cm³/mol. The van der Waals surface area contributed by atoms with Crippen molar-refractivity contribution in [2.24, 2.45) is 0 Å². The largest absolute Gasteiger partial charge is 0.388 e. The maximum atomic E-state index is 10.5. The Balaban J connectivity index is 1.81. The Kier molecular flexibility index (Phi) is 4.54. The maximum absolute atomic E-state index is 10.5. The zero-order valence-electron chi connectivity index (χ0n) is 11.7. The Morgan fingerprint density at radius 3 is 2.76 bits per heavy atom. The van der Waals surface area contributed by atoms with Crippen LogP contribution in [0, 0.1) is 0 Å². The molecule has 0 saturated carbocycles. The van der Waals surface area contributed by atoms with Gasteiger partial charge < -0.3 is 5.11 Å². The molecule has 2 aromatic rings. The standard InChI is InChI=1S/C18H18Cl2O/c19-14-8-9-16(17(20)11-14)18(21)10-13-6-3-5-12-4-1-2-7-15(12)13/h1-2,4,7-9,11,13,18,21H,3,5-6,10H2. The average Bonchev–Trinajstić information content (AvgIpc) is 2.47. The number of aryl methyl sites for hydroxylation is 1. The van der Waals surface area contributed by atoms with Gasteiger partial charge in [-0.05, 0) is 60.4 Å². The van der Waals surface area contributed by atoms with Crippen molar-refractivity contribution in [2.45, 2.75) is 37.7 Å². The van der Waals surface area contributed by atoms with Crippen molar-refractivity contribution in [1.29, 1.82) is 0 Å². The first kappa shape index (κ1) is 14.9. The van der Waals surface area contributed by atoms with Crippen LogP contribution in [0.3, 0.4) is 0 Å². The van der Waals surface area contributed by atoms with E-state index in [0.717, 1.165) is 18.4 Å². The first-order valence-electron chi connectivity index (χ1n) is 7.36. The Hall–Kier alpha value is -1.02. The molecule has 110 valence electrons. The smallest absolute Gasteiger partial charge is 0.0810 e. The summed E-state index contributed by atoms with van der Waals surface area (Å²) >= 11 is 12.1. The van der Waals surface area contributed by atoms with Gasteiger partial charge in [-0.15, -0.1) is 0 Å². The van der Waals surface area contributed by atoms with Gasteiger partial charge in [0.05, 0.1) is 6.10 Å². The molecule has 2 aromatic carbocycles. The molecule has 1 aliphatic carbocycles. The number of aliphatic hydroxyl groups is 1. The third-order valence-corrected chi connectivity index (χ3v) is 4.89. The Bertz CT molecular complexity index is 639. The summed E-state index contributed by atoms with van der Waals surface area (Å²) in [6, 6.07) is 13.9. The number of halogens is 2. The van der Waals surface area contributed by atoms with Gasteiger partial charge >= 0.3 is 0 Å². The van der Waals surface area contributed by atoms with Gasteiger partial charge in [-0.1, -0.05) is 53.5 Å². The molecule has 0 saturated heterocycles. The lowest BCUT2D eigenvalue weighted by molar-refractivity contribution is 0.154. The van der Waals surface area contributed by atoms with Crippen LogP contribution in [0.25, 0.3) is 0 Å². The lowest BCUT2D eigenvalue weighted by atomic mass is 9.79. The van der Waals surface area contributed by atoms with Gasteiger partial charge in [0.25, 0.3) is 0 Å². The minimum absolute atomic E-state index is 0.400. The van der Waals surface area contributed by atoms with Crippen LogP contribution in [0.4, 0.5) is 0 Å². The van der Waals surface area contributed by atoms with Crippen molar-refractivity contribution in [3.63, 3.8) is 0 Å². The first-order chi connectivity index (χ1) is 10.1. The summed E-state index contributed by atoms with van der Waals surface area (Å²) in [5.74, 6) is 0.400. The van der Waals surface area contributed by atoms with Crippen LogP contribution in [0.5, 0.6) is 0 Å². The van der Waals surface area contributed by atoms with Crippen LogP contribution in [-0.4, -0.2) is 5.11 Å². The van der Waals surface area contributed by atoms with Gasteiger partial charge in [0.1, 0.15) is 0 Å². The minimum Gasteiger partial charge on any atom is -0.388 e. The molecule has 0 bridgehead atoms. The second kappa shape index (κ2) is 6.39. The van der Waals surface area contributed by atoms with E-state index in [1.165, 1.54) is 17.5 Å². The molecule has 0 amide bonds. The third-order valence-electron chi connectivity index (χ3n) is 4.32. The lowest BCUT2D eigenvalue weighted by Gasteiger charge is -2.27. The van der Waals surface area contributed by atoms with E-state index in [2.05, 4.69) is 24.3 Å². The summed E-state index contributed by atoms with van der Waals surface area (Å²) in [7, 11) is 0. The van der Waals surface area contributed by atoms with Crippen LogP contribution >= 0.6 is 23.2 Å². The Morgan fingerprint density at radius 1 is 1.14 bits per heavy atom. The van der Waals surface area contributed by atoms with Crippen LogP contribution in [0.2, 0.25) is 10.0 Å². The SMILES string of the molecule is OC(CC1CCCc2ccccc21)c1ccc(Cl)cc1Cl. The lowest BCUT2D eigenvalue weighted by Crippen LogP contribution is -2.13. The van der Waals surface area contributed by atoms with E-state index in [4.69, 9.17) is 23.2 Å². The first-order valence-corrected chi connectivity index (χ1v) is 8.11. The molecule has 0 heterocycles. The number of fused-ring (bicyclic) bond motifs is 1. The highest BCUT2D eigenvalue weighted by Gasteiger charge is 2.24. The van der Waals surface area contributed by atoms with Crippen LogP contribution in [-0.2, 0) is 6.42 Å². The predicted octanol–water partition coefficient (Wildman–Crippen LogP) is 5.54. The van der Waals surface area contributed by atoms with Crippen molar-refractivity contribution in [3.05, 3.63) is 69.2 Å². The van der Waals surface area contributed by atoms with E-state index in [0.29, 0.717) is 22.4 Å². The molecule has 0 radical (unpaired) electrons. The summed E-state index contributed by atoms with van der Waals surface area (Å²) in [6.45, 7) is 0. The molecule has 0 fully saturated rings. The second-order valence-electron chi connectivity index (χ2n) is 5.71. The maximum Gasteiger partial charge on any atom is 0.0810 e. The van der Waals surface area contributed by atoms with E-state index >= 15 is 0 Å². The monoisotopic (exact) mass is 320 g/mol. The molecule has 2 atom stereocenters. The molecule has 0 spiro atoms. The van der Waals surface area contributed by atoms with Gasteiger partial charge in [0.15, 0.2) is 0 Å². The highest BCUT2D eigenvalue weighted by molar-refractivity contribution is 6.35. The molecular weight excluding hydrogens is 303 g/mol. The summed E-state index contributed by atoms with van der Waals surface area (Å²) in [5.41, 5.74) is 3.57. The summed E-state index contributed by atoms with van der Waals surface area (Å²) in [5, 5.41) is 11.7. The fourth-order valence-corrected chi connectivity index (χ4v) is 3.80. The number of benzene rings is 2. The van der Waals surface area contributed by atoms with Crippen LogP contribution < -0.4 is 0 Å².